The van der Waals surface area contributed by atoms with Gasteiger partial charge in [0, 0.05) is 6.54 Å². The van der Waals surface area contributed by atoms with Gasteiger partial charge in [-0.2, -0.15) is 0 Å². The Balaban J connectivity index is 2.51. The number of aliphatic hydroxyl groups excluding tert-OH is 1. The van der Waals surface area contributed by atoms with E-state index in [0.717, 1.165) is 0 Å². The van der Waals surface area contributed by atoms with E-state index in [-0.39, 0.29) is 11.5 Å². The lowest BCUT2D eigenvalue weighted by molar-refractivity contribution is -0.120. The summed E-state index contributed by atoms with van der Waals surface area (Å²) in [6.07, 6.45) is 2.43. The minimum atomic E-state index is -0.789. The van der Waals surface area contributed by atoms with Crippen molar-refractivity contribution in [2.24, 2.45) is 4.99 Å². The van der Waals surface area contributed by atoms with Crippen LogP contribution in [-0.4, -0.2) is 41.8 Å². The smallest absolute Gasteiger partial charge is 0.199 e. The minimum absolute atomic E-state index is 0.138. The molecule has 0 saturated heterocycles. The van der Waals surface area contributed by atoms with Gasteiger partial charge in [-0.25, -0.2) is 0 Å². The van der Waals surface area contributed by atoms with Gasteiger partial charge in [0.25, 0.3) is 0 Å². The average Bonchev–Trinajstić information content (AvgIpc) is 2.19. The highest BCUT2D eigenvalue weighted by molar-refractivity contribution is 6.50. The zero-order chi connectivity index (χ0) is 10.6. The fourth-order valence-corrected chi connectivity index (χ4v) is 1.26. The predicted molar refractivity (Wildman–Crippen MR) is 55.5 cm³/mol. The number of rotatable bonds is 5. The van der Waals surface area contributed by atoms with Crippen LogP contribution in [0.5, 0.6) is 0 Å². The summed E-state index contributed by atoms with van der Waals surface area (Å²) in [5.74, 6) is -0.138. The lowest BCUT2D eigenvalue weighted by Gasteiger charge is -2.32. The number of nitrogens with one attached hydrogen (secondary N) is 1. The molecule has 2 unspecified atom stereocenters. The molecular weight excluding hydrogens is 180 g/mol. The van der Waals surface area contributed by atoms with E-state index in [1.807, 2.05) is 0 Å². The molecule has 0 spiro atoms. The molecule has 0 bridgehead atoms. The van der Waals surface area contributed by atoms with Crippen LogP contribution in [0.4, 0.5) is 0 Å². The molecule has 1 aliphatic rings. The van der Waals surface area contributed by atoms with Crippen LogP contribution >= 0.6 is 0 Å². The Morgan fingerprint density at radius 1 is 1.50 bits per heavy atom. The van der Waals surface area contributed by atoms with Crippen LogP contribution in [0, 0.1) is 0 Å². The highest BCUT2D eigenvalue weighted by Crippen LogP contribution is 2.13. The third kappa shape index (κ3) is 1.97. The Hall–Kier alpha value is -1.26. The standard InChI is InChI=1S/C10H14N2O2/c1-3-5-11-7-9(13)8(10(7)14)12-6-4-2/h3-4,7,9,11,13H,1-2,5-6H2. The first-order chi connectivity index (χ1) is 6.72. The van der Waals surface area contributed by atoms with Crippen LogP contribution in [0.1, 0.15) is 0 Å². The van der Waals surface area contributed by atoms with Gasteiger partial charge in [-0.3, -0.25) is 9.79 Å². The number of carbonyl (C=O) groups is 1. The van der Waals surface area contributed by atoms with E-state index in [9.17, 15) is 9.90 Å². The van der Waals surface area contributed by atoms with E-state index in [1.165, 1.54) is 0 Å². The van der Waals surface area contributed by atoms with E-state index < -0.39 is 12.1 Å². The number of aliphatic hydroxyl groups is 1. The van der Waals surface area contributed by atoms with Gasteiger partial charge >= 0.3 is 0 Å². The van der Waals surface area contributed by atoms with Crippen LogP contribution in [0.15, 0.2) is 30.3 Å². The zero-order valence-corrected chi connectivity index (χ0v) is 7.94. The van der Waals surface area contributed by atoms with E-state index in [4.69, 9.17) is 0 Å². The molecule has 0 aromatic heterocycles. The fourth-order valence-electron chi connectivity index (χ4n) is 1.26. The molecule has 4 heteroatoms. The summed E-state index contributed by atoms with van der Waals surface area (Å²) < 4.78 is 0. The van der Waals surface area contributed by atoms with Crippen molar-refractivity contribution in [3.05, 3.63) is 25.3 Å². The van der Waals surface area contributed by atoms with Gasteiger partial charge in [0.05, 0.1) is 6.54 Å². The number of nitrogens with zero attached hydrogens (tertiary/aromatic N) is 1. The summed E-state index contributed by atoms with van der Waals surface area (Å²) in [6, 6.07) is -0.517. The second-order valence-electron chi connectivity index (χ2n) is 3.00. The van der Waals surface area contributed by atoms with Gasteiger partial charge in [-0.15, -0.1) is 13.2 Å². The van der Waals surface area contributed by atoms with Crippen molar-refractivity contribution in [3.8, 4) is 0 Å². The molecule has 14 heavy (non-hydrogen) atoms. The zero-order valence-electron chi connectivity index (χ0n) is 7.94. The fraction of sp³-hybridized carbons (Fsp3) is 0.400. The number of hydrogen-bond donors (Lipinski definition) is 2. The molecule has 4 nitrogen and oxygen atoms in total. The first-order valence-electron chi connectivity index (χ1n) is 4.44. The normalized spacial score (nSPS) is 28.6. The first-order valence-corrected chi connectivity index (χ1v) is 4.44. The molecule has 2 N–H and O–H groups in total. The van der Waals surface area contributed by atoms with Crippen molar-refractivity contribution < 1.29 is 9.90 Å². The van der Waals surface area contributed by atoms with Crippen LogP contribution in [0.25, 0.3) is 0 Å². The molecule has 2 atom stereocenters. The van der Waals surface area contributed by atoms with Crippen molar-refractivity contribution in [3.63, 3.8) is 0 Å². The Kier molecular flexibility index (Phi) is 3.73. The minimum Gasteiger partial charge on any atom is -0.385 e. The molecule has 1 saturated carbocycles. The topological polar surface area (TPSA) is 61.7 Å². The summed E-state index contributed by atoms with van der Waals surface area (Å²) in [5, 5.41) is 12.4. The Bertz CT molecular complexity index is 284. The van der Waals surface area contributed by atoms with E-state index in [1.54, 1.807) is 12.2 Å². The Labute approximate surface area is 83.0 Å². The number of carbonyl (C=O) groups excluding carboxylic acids is 1. The second kappa shape index (κ2) is 4.83. The van der Waals surface area contributed by atoms with E-state index in [2.05, 4.69) is 23.5 Å². The van der Waals surface area contributed by atoms with Crippen LogP contribution in [0.3, 0.4) is 0 Å². The molecule has 0 aromatic rings. The third-order valence-electron chi connectivity index (χ3n) is 2.00. The third-order valence-corrected chi connectivity index (χ3v) is 2.00. The summed E-state index contributed by atoms with van der Waals surface area (Å²) >= 11 is 0. The summed E-state index contributed by atoms with van der Waals surface area (Å²) in [7, 11) is 0. The molecule has 1 aliphatic carbocycles. The maximum absolute atomic E-state index is 11.4. The Morgan fingerprint density at radius 2 is 2.21 bits per heavy atom. The van der Waals surface area contributed by atoms with Gasteiger partial charge in [0.1, 0.15) is 17.9 Å². The molecule has 1 fully saturated rings. The van der Waals surface area contributed by atoms with Crippen LogP contribution in [-0.2, 0) is 4.79 Å². The molecule has 76 valence electrons. The van der Waals surface area contributed by atoms with Gasteiger partial charge in [0.15, 0.2) is 5.78 Å². The monoisotopic (exact) mass is 194 g/mol. The molecule has 0 heterocycles. The first kappa shape index (κ1) is 10.8. The van der Waals surface area contributed by atoms with Gasteiger partial charge in [0.2, 0.25) is 0 Å². The summed E-state index contributed by atoms with van der Waals surface area (Å²) in [4.78, 5) is 15.3. The molecular formula is C10H14N2O2. The van der Waals surface area contributed by atoms with Crippen LogP contribution in [0.2, 0.25) is 0 Å². The van der Waals surface area contributed by atoms with Crippen molar-refractivity contribution in [1.82, 2.24) is 5.32 Å². The Morgan fingerprint density at radius 3 is 2.71 bits per heavy atom. The average molecular weight is 194 g/mol. The van der Waals surface area contributed by atoms with E-state index >= 15 is 0 Å². The maximum Gasteiger partial charge on any atom is 0.199 e. The van der Waals surface area contributed by atoms with Gasteiger partial charge < -0.3 is 10.4 Å². The number of aliphatic imine (C=N–C) groups is 1. The highest BCUT2D eigenvalue weighted by atomic mass is 16.3. The molecule has 0 aromatic carbocycles. The summed E-state index contributed by atoms with van der Waals surface area (Å²) in [5.41, 5.74) is 0.242. The largest absolute Gasteiger partial charge is 0.385 e. The van der Waals surface area contributed by atoms with Crippen molar-refractivity contribution in [2.75, 3.05) is 13.1 Å². The number of Topliss-reactive ketones (excluding diaryl/α,β-unsaturated/α-hetero) is 1. The molecule has 1 rings (SSSR count). The van der Waals surface area contributed by atoms with Crippen molar-refractivity contribution >= 4 is 11.5 Å². The lowest BCUT2D eigenvalue weighted by atomic mass is 9.84. The van der Waals surface area contributed by atoms with Crippen molar-refractivity contribution in [2.45, 2.75) is 12.1 Å². The van der Waals surface area contributed by atoms with Crippen LogP contribution < -0.4 is 5.32 Å². The van der Waals surface area contributed by atoms with Gasteiger partial charge in [-0.1, -0.05) is 12.2 Å². The number of hydrogen-bond acceptors (Lipinski definition) is 4. The maximum atomic E-state index is 11.4. The van der Waals surface area contributed by atoms with Crippen molar-refractivity contribution in [1.29, 1.82) is 0 Å². The van der Waals surface area contributed by atoms with E-state index in [0.29, 0.717) is 13.1 Å². The lowest BCUT2D eigenvalue weighted by Crippen LogP contribution is -2.64. The van der Waals surface area contributed by atoms with Gasteiger partial charge in [-0.05, 0) is 0 Å². The molecule has 0 radical (unpaired) electrons. The SMILES string of the molecule is C=CCN=C1C(=O)C(NCC=C)C1O. The predicted octanol–water partition coefficient (Wildman–Crippen LogP) is -0.299. The summed E-state index contributed by atoms with van der Waals surface area (Å²) in [6.45, 7) is 7.86. The quantitative estimate of drug-likeness (QED) is 0.591. The molecule has 0 amide bonds. The second-order valence-corrected chi connectivity index (χ2v) is 3.00. The highest BCUT2D eigenvalue weighted by Gasteiger charge is 2.44. The molecule has 0 aliphatic heterocycles. The number of ketones is 1.